The molecule has 3 nitrogen and oxygen atoms in total. The molecule has 0 N–H and O–H groups in total. The van der Waals surface area contributed by atoms with Gasteiger partial charge in [0.2, 0.25) is 0 Å². The van der Waals surface area contributed by atoms with Crippen molar-refractivity contribution in [3.05, 3.63) is 44.3 Å². The molecule has 17 heavy (non-hydrogen) atoms. The van der Waals surface area contributed by atoms with Gasteiger partial charge in [0, 0.05) is 22.2 Å². The summed E-state index contributed by atoms with van der Waals surface area (Å²) >= 11 is 6.40. The van der Waals surface area contributed by atoms with Gasteiger partial charge in [0.1, 0.15) is 0 Å². The molecule has 6 heteroatoms. The Labute approximate surface area is 114 Å². The number of nitrogens with zero attached hydrogens (tertiary/aromatic N) is 2. The lowest BCUT2D eigenvalue weighted by molar-refractivity contribution is 0.0995. The van der Waals surface area contributed by atoms with Gasteiger partial charge in [0.05, 0.1) is 17.0 Å². The van der Waals surface area contributed by atoms with Crippen LogP contribution in [0, 0.1) is 0 Å². The third-order valence-electron chi connectivity index (χ3n) is 2.36. The second kappa shape index (κ2) is 4.36. The van der Waals surface area contributed by atoms with Crippen molar-refractivity contribution < 1.29 is 4.79 Å². The Bertz CT molecular complexity index is 654. The summed E-state index contributed by atoms with van der Waals surface area (Å²) in [5, 5.41) is 3.88. The van der Waals surface area contributed by atoms with Crippen molar-refractivity contribution in [2.75, 3.05) is 0 Å². The minimum Gasteiger partial charge on any atom is -0.297 e. The number of aromatic nitrogens is 2. The highest BCUT2D eigenvalue weighted by molar-refractivity contribution is 9.10. The van der Waals surface area contributed by atoms with Crippen molar-refractivity contribution in [1.29, 1.82) is 0 Å². The van der Waals surface area contributed by atoms with Gasteiger partial charge in [-0.3, -0.25) is 9.20 Å². The van der Waals surface area contributed by atoms with Gasteiger partial charge in [-0.15, -0.1) is 22.7 Å². The van der Waals surface area contributed by atoms with Gasteiger partial charge in [-0.05, 0) is 27.4 Å². The molecule has 0 aliphatic rings. The van der Waals surface area contributed by atoms with Gasteiger partial charge in [0.25, 0.3) is 0 Å². The van der Waals surface area contributed by atoms with Gasteiger partial charge < -0.3 is 0 Å². The molecule has 0 radical (unpaired) electrons. The Balaban J connectivity index is 1.86. The van der Waals surface area contributed by atoms with Crippen LogP contribution in [0.3, 0.4) is 0 Å². The predicted molar refractivity (Wildman–Crippen MR) is 73.1 cm³/mol. The molecule has 3 rings (SSSR count). The minimum absolute atomic E-state index is 0.109. The highest BCUT2D eigenvalue weighted by Gasteiger charge is 2.14. The second-order valence-corrected chi connectivity index (χ2v) is 6.17. The van der Waals surface area contributed by atoms with Crippen molar-refractivity contribution >= 4 is 49.3 Å². The molecule has 0 spiro atoms. The van der Waals surface area contributed by atoms with E-state index in [9.17, 15) is 4.79 Å². The maximum Gasteiger partial charge on any atom is 0.193 e. The number of hydrogen-bond donors (Lipinski definition) is 0. The Morgan fingerprint density at radius 2 is 2.29 bits per heavy atom. The third kappa shape index (κ3) is 2.08. The first kappa shape index (κ1) is 11.1. The van der Waals surface area contributed by atoms with E-state index in [1.165, 1.54) is 11.3 Å². The standard InChI is InChI=1S/C11H7BrN2OS2/c12-8-1-3-16-10(8)9(15)5-7-6-14-2-4-17-11(14)13-7/h1-4,6H,5H2. The fraction of sp³-hybridized carbons (Fsp3) is 0.0909. The fourth-order valence-electron chi connectivity index (χ4n) is 1.60. The van der Waals surface area contributed by atoms with E-state index < -0.39 is 0 Å². The van der Waals surface area contributed by atoms with Gasteiger partial charge in [-0.1, -0.05) is 0 Å². The van der Waals surface area contributed by atoms with Crippen LogP contribution in [0.25, 0.3) is 4.96 Å². The SMILES string of the molecule is O=C(Cc1cn2ccsc2n1)c1sccc1Br. The van der Waals surface area contributed by atoms with Gasteiger partial charge in [-0.2, -0.15) is 0 Å². The maximum absolute atomic E-state index is 12.0. The molecule has 0 aromatic carbocycles. The molecule has 0 atom stereocenters. The Morgan fingerprint density at radius 3 is 3.00 bits per heavy atom. The molecule has 0 saturated heterocycles. The molecular formula is C11H7BrN2OS2. The topological polar surface area (TPSA) is 34.4 Å². The van der Waals surface area contributed by atoms with E-state index in [1.54, 1.807) is 11.3 Å². The normalized spacial score (nSPS) is 11.1. The fourth-order valence-corrected chi connectivity index (χ4v) is 3.85. The highest BCUT2D eigenvalue weighted by atomic mass is 79.9. The molecular weight excluding hydrogens is 320 g/mol. The molecule has 86 valence electrons. The number of halogens is 1. The average Bonchev–Trinajstić information content (AvgIpc) is 2.92. The minimum atomic E-state index is 0.109. The number of fused-ring (bicyclic) bond motifs is 1. The lowest BCUT2D eigenvalue weighted by Gasteiger charge is -1.95. The molecule has 0 aliphatic heterocycles. The van der Waals surface area contributed by atoms with Crippen LogP contribution in [-0.4, -0.2) is 15.2 Å². The highest BCUT2D eigenvalue weighted by Crippen LogP contribution is 2.24. The molecule has 0 bridgehead atoms. The summed E-state index contributed by atoms with van der Waals surface area (Å²) in [6.07, 6.45) is 4.21. The molecule has 3 aromatic heterocycles. The number of carbonyl (C=O) groups excluding carboxylic acids is 1. The number of thiazole rings is 1. The molecule has 0 saturated carbocycles. The molecule has 3 heterocycles. The van der Waals surface area contributed by atoms with Crippen LogP contribution < -0.4 is 0 Å². The van der Waals surface area contributed by atoms with Crippen LogP contribution in [0.4, 0.5) is 0 Å². The summed E-state index contributed by atoms with van der Waals surface area (Å²) in [4.78, 5) is 18.1. The number of Topliss-reactive ketones (excluding diaryl/α,β-unsaturated/α-hetero) is 1. The molecule has 0 unspecified atom stereocenters. The van der Waals surface area contributed by atoms with E-state index >= 15 is 0 Å². The van der Waals surface area contributed by atoms with E-state index in [-0.39, 0.29) is 5.78 Å². The van der Waals surface area contributed by atoms with E-state index in [0.29, 0.717) is 6.42 Å². The van der Waals surface area contributed by atoms with Crippen molar-refractivity contribution in [2.45, 2.75) is 6.42 Å². The van der Waals surface area contributed by atoms with Crippen LogP contribution >= 0.6 is 38.6 Å². The summed E-state index contributed by atoms with van der Waals surface area (Å²) in [5.74, 6) is 0.109. The Kier molecular flexibility index (Phi) is 2.85. The first-order valence-corrected chi connectivity index (χ1v) is 7.46. The Morgan fingerprint density at radius 1 is 1.41 bits per heavy atom. The summed E-state index contributed by atoms with van der Waals surface area (Å²) in [6, 6.07) is 1.89. The van der Waals surface area contributed by atoms with Crippen LogP contribution in [0.2, 0.25) is 0 Å². The number of rotatable bonds is 3. The largest absolute Gasteiger partial charge is 0.297 e. The van der Waals surface area contributed by atoms with Crippen LogP contribution in [0.5, 0.6) is 0 Å². The first-order chi connectivity index (χ1) is 8.24. The van der Waals surface area contributed by atoms with E-state index in [0.717, 1.165) is 20.0 Å². The van der Waals surface area contributed by atoms with Gasteiger partial charge in [0.15, 0.2) is 10.7 Å². The molecule has 0 amide bonds. The number of thiophene rings is 1. The van der Waals surface area contributed by atoms with Crippen LogP contribution in [0.15, 0.2) is 33.7 Å². The monoisotopic (exact) mass is 326 g/mol. The summed E-state index contributed by atoms with van der Waals surface area (Å²) in [6.45, 7) is 0. The average molecular weight is 327 g/mol. The summed E-state index contributed by atoms with van der Waals surface area (Å²) < 4.78 is 2.81. The predicted octanol–water partition coefficient (Wildman–Crippen LogP) is 3.65. The zero-order chi connectivity index (χ0) is 11.8. The second-order valence-electron chi connectivity index (χ2n) is 3.52. The number of carbonyl (C=O) groups is 1. The van der Waals surface area contributed by atoms with Gasteiger partial charge in [-0.25, -0.2) is 4.98 Å². The smallest absolute Gasteiger partial charge is 0.193 e. The van der Waals surface area contributed by atoms with E-state index in [2.05, 4.69) is 20.9 Å². The van der Waals surface area contributed by atoms with Crippen LogP contribution in [0.1, 0.15) is 15.4 Å². The van der Waals surface area contributed by atoms with E-state index in [1.807, 2.05) is 33.6 Å². The lowest BCUT2D eigenvalue weighted by atomic mass is 10.2. The zero-order valence-corrected chi connectivity index (χ0v) is 11.8. The zero-order valence-electron chi connectivity index (χ0n) is 8.59. The van der Waals surface area contributed by atoms with Crippen molar-refractivity contribution in [1.82, 2.24) is 9.38 Å². The lowest BCUT2D eigenvalue weighted by Crippen LogP contribution is -2.02. The molecule has 0 fully saturated rings. The summed E-state index contributed by atoms with van der Waals surface area (Å²) in [5.41, 5.74) is 0.821. The quantitative estimate of drug-likeness (QED) is 0.688. The third-order valence-corrected chi connectivity index (χ3v) is 5.00. The van der Waals surface area contributed by atoms with E-state index in [4.69, 9.17) is 0 Å². The Hall–Kier alpha value is -0.980. The molecule has 3 aromatic rings. The number of hydrogen-bond acceptors (Lipinski definition) is 4. The summed E-state index contributed by atoms with van der Waals surface area (Å²) in [7, 11) is 0. The van der Waals surface area contributed by atoms with Gasteiger partial charge >= 0.3 is 0 Å². The van der Waals surface area contributed by atoms with Crippen molar-refractivity contribution in [2.24, 2.45) is 0 Å². The van der Waals surface area contributed by atoms with Crippen molar-refractivity contribution in [3.63, 3.8) is 0 Å². The first-order valence-electron chi connectivity index (χ1n) is 4.91. The van der Waals surface area contributed by atoms with Crippen molar-refractivity contribution in [3.8, 4) is 0 Å². The number of ketones is 1. The molecule has 0 aliphatic carbocycles. The van der Waals surface area contributed by atoms with Crippen LogP contribution in [-0.2, 0) is 6.42 Å². The maximum atomic E-state index is 12.0. The number of imidazole rings is 1.